The van der Waals surface area contributed by atoms with E-state index in [0.717, 1.165) is 15.9 Å². The second kappa shape index (κ2) is 15.1. The van der Waals surface area contributed by atoms with Gasteiger partial charge in [0.2, 0.25) is 5.92 Å². The predicted molar refractivity (Wildman–Crippen MR) is 157 cm³/mol. The van der Waals surface area contributed by atoms with Crippen LogP contribution in [-0.4, -0.2) is 31.1 Å². The molecule has 0 aliphatic carbocycles. The van der Waals surface area contributed by atoms with Crippen LogP contribution < -0.4 is 32.9 Å². The van der Waals surface area contributed by atoms with Crippen LogP contribution in [0, 0.1) is 5.92 Å². The summed E-state index contributed by atoms with van der Waals surface area (Å²) in [6.07, 6.45) is 0. The van der Waals surface area contributed by atoms with Gasteiger partial charge >= 0.3 is 11.9 Å². The Hall–Kier alpha value is -3.80. The third-order valence-electron chi connectivity index (χ3n) is 5.88. The van der Waals surface area contributed by atoms with Crippen LogP contribution in [0.4, 0.5) is 5.69 Å². The summed E-state index contributed by atoms with van der Waals surface area (Å²) >= 11 is 0. The lowest BCUT2D eigenvalue weighted by Gasteiger charge is -2.28. The van der Waals surface area contributed by atoms with Crippen molar-refractivity contribution in [1.29, 1.82) is 0 Å². The number of carbonyl (C=O) groups excluding carboxylic acids is 2. The third kappa shape index (κ3) is 7.04. The molecule has 0 heterocycles. The van der Waals surface area contributed by atoms with E-state index in [2.05, 4.69) is 0 Å². The van der Waals surface area contributed by atoms with E-state index in [1.54, 1.807) is 26.0 Å². The Bertz CT molecular complexity index is 1270. The summed E-state index contributed by atoms with van der Waals surface area (Å²) in [7, 11) is -2.96. The molecule has 206 valence electrons. The van der Waals surface area contributed by atoms with E-state index >= 15 is 0 Å². The second-order valence-corrected chi connectivity index (χ2v) is 11.4. The van der Waals surface area contributed by atoms with Crippen LogP contribution in [-0.2, 0) is 23.6 Å². The largest absolute Gasteiger partial charge is 1.00 e. The number of para-hydroxylation sites is 1. The molecule has 0 aromatic heterocycles. The Morgan fingerprint density at radius 3 is 1.32 bits per heavy atom. The molecule has 0 saturated carbocycles. The van der Waals surface area contributed by atoms with Crippen LogP contribution in [0.2, 0.25) is 0 Å². The average molecular weight is 620 g/mol. The van der Waals surface area contributed by atoms with Crippen LogP contribution in [0.25, 0.3) is 0 Å². The fraction of sp³-hybridized carbons (Fsp3) is 0.156. The zero-order valence-electron chi connectivity index (χ0n) is 22.4. The molecule has 4 aromatic rings. The monoisotopic (exact) mass is 619 g/mol. The van der Waals surface area contributed by atoms with Crippen molar-refractivity contribution in [1.82, 2.24) is 0 Å². The molecule has 0 aliphatic heterocycles. The number of hydrogen-bond acceptors (Lipinski definition) is 6. The number of halogens is 1. The van der Waals surface area contributed by atoms with Gasteiger partial charge in [-0.15, -0.1) is 0 Å². The number of carbonyl (C=O) groups is 2. The molecular formula is C32H31BrNO5P. The third-order valence-corrected chi connectivity index (χ3v) is 9.41. The lowest BCUT2D eigenvalue weighted by Crippen LogP contribution is -3.00. The molecule has 8 heteroatoms. The maximum atomic E-state index is 13.3. The molecule has 6 nitrogen and oxygen atoms in total. The summed E-state index contributed by atoms with van der Waals surface area (Å²) in [5.41, 5.74) is 0.526. The molecule has 0 bridgehead atoms. The standard InChI is InChI=1S/C32H31NO5P.BrH/c1-3-36-31(34)29(32(35)37-4-2)30(33-25-17-9-5-10-18-25)38-39(26-19-11-6-12-20-26,27-21-13-7-14-22-27)28-23-15-8-16-24-28;/h5-24,29H,3-4H2,1-2H3;1H/q+1;/p-1. The topological polar surface area (TPSA) is 74.2 Å². The Morgan fingerprint density at radius 2 is 0.975 bits per heavy atom. The quantitative estimate of drug-likeness (QED) is 0.0896. The summed E-state index contributed by atoms with van der Waals surface area (Å²) in [5, 5.41) is 2.69. The lowest BCUT2D eigenvalue weighted by molar-refractivity contribution is -0.158. The number of benzene rings is 4. The van der Waals surface area contributed by atoms with Gasteiger partial charge in [-0.2, -0.15) is 0 Å². The Morgan fingerprint density at radius 1 is 0.625 bits per heavy atom. The lowest BCUT2D eigenvalue weighted by atomic mass is 10.1. The highest BCUT2D eigenvalue weighted by Crippen LogP contribution is 2.57. The molecule has 4 aromatic carbocycles. The number of ether oxygens (including phenoxy) is 2. The van der Waals surface area contributed by atoms with Crippen LogP contribution >= 0.6 is 7.49 Å². The summed E-state index contributed by atoms with van der Waals surface area (Å²) in [6.45, 7) is 3.54. The van der Waals surface area contributed by atoms with Gasteiger partial charge in [0.05, 0.1) is 18.9 Å². The number of esters is 2. The number of aliphatic imine (C=N–C) groups is 1. The maximum Gasteiger partial charge on any atom is 0.330 e. The first-order valence-electron chi connectivity index (χ1n) is 12.8. The van der Waals surface area contributed by atoms with Gasteiger partial charge in [-0.1, -0.05) is 72.8 Å². The molecule has 0 unspecified atom stereocenters. The van der Waals surface area contributed by atoms with Crippen LogP contribution in [0.3, 0.4) is 0 Å². The van der Waals surface area contributed by atoms with Gasteiger partial charge in [0.1, 0.15) is 15.9 Å². The van der Waals surface area contributed by atoms with Crippen molar-refractivity contribution in [3.05, 3.63) is 121 Å². The zero-order chi connectivity index (χ0) is 27.5. The number of nitrogens with zero attached hydrogens (tertiary/aromatic N) is 1. The van der Waals surface area contributed by atoms with E-state index in [4.69, 9.17) is 19.0 Å². The maximum absolute atomic E-state index is 13.3. The van der Waals surface area contributed by atoms with Gasteiger partial charge in [0.15, 0.2) is 0 Å². The van der Waals surface area contributed by atoms with Crippen LogP contribution in [0.1, 0.15) is 13.8 Å². The molecule has 0 atom stereocenters. The van der Waals surface area contributed by atoms with Gasteiger partial charge in [0.25, 0.3) is 13.4 Å². The normalized spacial score (nSPS) is 11.3. The fourth-order valence-electron chi connectivity index (χ4n) is 4.18. The molecule has 0 fully saturated rings. The van der Waals surface area contributed by atoms with Crippen molar-refractivity contribution < 1.29 is 40.6 Å². The highest BCUT2D eigenvalue weighted by molar-refractivity contribution is 7.92. The average Bonchev–Trinajstić information content (AvgIpc) is 2.98. The van der Waals surface area contributed by atoms with E-state index in [-0.39, 0.29) is 36.1 Å². The Kier molecular flexibility index (Phi) is 11.6. The van der Waals surface area contributed by atoms with Crippen molar-refractivity contribution >= 4 is 46.9 Å². The fourth-order valence-corrected chi connectivity index (χ4v) is 7.59. The van der Waals surface area contributed by atoms with Crippen LogP contribution in [0.15, 0.2) is 126 Å². The highest BCUT2D eigenvalue weighted by Gasteiger charge is 2.53. The Labute approximate surface area is 246 Å². The molecule has 0 radical (unpaired) electrons. The van der Waals surface area contributed by atoms with Crippen molar-refractivity contribution in [2.24, 2.45) is 10.9 Å². The van der Waals surface area contributed by atoms with E-state index in [0.29, 0.717) is 5.69 Å². The summed E-state index contributed by atoms with van der Waals surface area (Å²) in [4.78, 5) is 31.4. The van der Waals surface area contributed by atoms with Gasteiger partial charge in [-0.3, -0.25) is 9.59 Å². The molecule has 0 spiro atoms. The number of rotatable bonds is 10. The minimum absolute atomic E-state index is 0. The van der Waals surface area contributed by atoms with Gasteiger partial charge < -0.3 is 31.0 Å². The van der Waals surface area contributed by atoms with Gasteiger partial charge in [0, 0.05) is 0 Å². The smallest absolute Gasteiger partial charge is 0.330 e. The van der Waals surface area contributed by atoms with Crippen LogP contribution in [0.5, 0.6) is 0 Å². The first-order chi connectivity index (χ1) is 19.1. The summed E-state index contributed by atoms with van der Waals surface area (Å²) < 4.78 is 17.7. The number of hydrogen-bond donors (Lipinski definition) is 0. The zero-order valence-corrected chi connectivity index (χ0v) is 24.8. The van der Waals surface area contributed by atoms with E-state index < -0.39 is 25.3 Å². The molecular weight excluding hydrogens is 589 g/mol. The molecule has 0 aliphatic rings. The Balaban J connectivity index is 0.00000441. The first-order valence-corrected chi connectivity index (χ1v) is 14.5. The summed E-state index contributed by atoms with van der Waals surface area (Å²) in [6, 6.07) is 38.6. The minimum Gasteiger partial charge on any atom is -1.00 e. The van der Waals surface area contributed by atoms with Gasteiger partial charge in [-0.25, -0.2) is 4.99 Å². The molecule has 0 N–H and O–H groups in total. The van der Waals surface area contributed by atoms with Crippen molar-refractivity contribution in [3.8, 4) is 0 Å². The molecule has 0 amide bonds. The first kappa shape index (κ1) is 30.7. The van der Waals surface area contributed by atoms with Crippen molar-refractivity contribution in [2.75, 3.05) is 13.2 Å². The summed E-state index contributed by atoms with van der Waals surface area (Å²) in [5.74, 6) is -3.15. The van der Waals surface area contributed by atoms with E-state index in [9.17, 15) is 9.59 Å². The van der Waals surface area contributed by atoms with Crippen molar-refractivity contribution in [3.63, 3.8) is 0 Å². The van der Waals surface area contributed by atoms with Gasteiger partial charge in [-0.05, 0) is 62.4 Å². The predicted octanol–water partition coefficient (Wildman–Crippen LogP) is 2.39. The molecule has 0 saturated heterocycles. The minimum atomic E-state index is -2.96. The van der Waals surface area contributed by atoms with E-state index in [1.165, 1.54) is 0 Å². The molecule has 4 rings (SSSR count). The molecule has 40 heavy (non-hydrogen) atoms. The van der Waals surface area contributed by atoms with E-state index in [1.807, 2.05) is 109 Å². The highest BCUT2D eigenvalue weighted by atomic mass is 79.9. The SMILES string of the molecule is CCOC(=O)C(C(=O)OCC)C(=Nc1ccccc1)O[P+](c1ccccc1)(c1ccccc1)c1ccccc1.[Br-]. The van der Waals surface area contributed by atoms with Crippen molar-refractivity contribution in [2.45, 2.75) is 13.8 Å². The second-order valence-electron chi connectivity index (χ2n) is 8.43.